The summed E-state index contributed by atoms with van der Waals surface area (Å²) in [5.74, 6) is 1.94. The Kier molecular flexibility index (Phi) is 9.33. The molecule has 4 rings (SSSR count). The summed E-state index contributed by atoms with van der Waals surface area (Å²) in [5, 5.41) is 9.31. The normalized spacial score (nSPS) is 19.2. The molecule has 0 unspecified atom stereocenters. The summed E-state index contributed by atoms with van der Waals surface area (Å²) in [6.45, 7) is 3.99. The van der Waals surface area contributed by atoms with E-state index >= 15 is 0 Å². The molecule has 0 aromatic carbocycles. The Labute approximate surface area is 195 Å². The molecule has 0 amide bonds. The van der Waals surface area contributed by atoms with E-state index in [0.29, 0.717) is 6.04 Å². The second-order valence-electron chi connectivity index (χ2n) is 7.89. The second kappa shape index (κ2) is 12.0. The predicted octanol–water partition coefficient (Wildman–Crippen LogP) is 4.64. The number of hydrogen-bond donors (Lipinski definition) is 2. The van der Waals surface area contributed by atoms with Gasteiger partial charge < -0.3 is 20.0 Å². The molecule has 160 valence electrons. The molecule has 2 aromatic rings. The minimum atomic E-state index is 0. The van der Waals surface area contributed by atoms with Crippen LogP contribution in [0.3, 0.4) is 0 Å². The third-order valence-electron chi connectivity index (χ3n) is 5.93. The molecule has 1 saturated carbocycles. The molecule has 2 N–H and O–H groups in total. The van der Waals surface area contributed by atoms with E-state index in [1.165, 1.54) is 56.5 Å². The molecule has 2 aliphatic rings. The van der Waals surface area contributed by atoms with Gasteiger partial charge in [-0.25, -0.2) is 4.99 Å². The van der Waals surface area contributed by atoms with E-state index in [4.69, 9.17) is 9.41 Å². The fraction of sp³-hybridized carbons (Fsp3) is 0.591. The lowest BCUT2D eigenvalue weighted by molar-refractivity contribution is 0.150. The van der Waals surface area contributed by atoms with Crippen LogP contribution >= 0.6 is 35.3 Å². The van der Waals surface area contributed by atoms with Crippen molar-refractivity contribution < 1.29 is 4.42 Å². The Morgan fingerprint density at radius 3 is 2.66 bits per heavy atom. The fourth-order valence-electron chi connectivity index (χ4n) is 4.34. The smallest absolute Gasteiger partial charge is 0.191 e. The Hall–Kier alpha value is -1.06. The van der Waals surface area contributed by atoms with Crippen molar-refractivity contribution in [3.05, 3.63) is 46.5 Å². The number of guanidine groups is 1. The van der Waals surface area contributed by atoms with Gasteiger partial charge in [0.25, 0.3) is 0 Å². The number of nitrogens with zero attached hydrogens (tertiary/aromatic N) is 2. The first-order valence-electron chi connectivity index (χ1n) is 10.7. The maximum Gasteiger partial charge on any atom is 0.191 e. The SMILES string of the molecule is I.c1coc(CCNC(=NCc2cccs2)NC2CCN(C3CCCC3)CC2)c1. The van der Waals surface area contributed by atoms with Crippen LogP contribution < -0.4 is 10.6 Å². The van der Waals surface area contributed by atoms with Crippen LogP contribution in [0.4, 0.5) is 0 Å². The van der Waals surface area contributed by atoms with Crippen LogP contribution in [-0.4, -0.2) is 42.6 Å². The van der Waals surface area contributed by atoms with Gasteiger partial charge in [-0.15, -0.1) is 35.3 Å². The van der Waals surface area contributed by atoms with Crippen LogP contribution in [0.5, 0.6) is 0 Å². The summed E-state index contributed by atoms with van der Waals surface area (Å²) >= 11 is 1.76. The van der Waals surface area contributed by atoms with Crippen molar-refractivity contribution in [2.45, 2.75) is 63.6 Å². The summed E-state index contributed by atoms with van der Waals surface area (Å²) in [6.07, 6.45) is 10.6. The van der Waals surface area contributed by atoms with Gasteiger partial charge in [0.05, 0.1) is 12.8 Å². The van der Waals surface area contributed by atoms with Gasteiger partial charge in [-0.3, -0.25) is 0 Å². The Morgan fingerprint density at radius 2 is 1.97 bits per heavy atom. The van der Waals surface area contributed by atoms with E-state index < -0.39 is 0 Å². The second-order valence-corrected chi connectivity index (χ2v) is 8.93. The predicted molar refractivity (Wildman–Crippen MR) is 131 cm³/mol. The van der Waals surface area contributed by atoms with Gasteiger partial charge in [-0.1, -0.05) is 18.9 Å². The van der Waals surface area contributed by atoms with E-state index in [1.54, 1.807) is 17.6 Å². The molecule has 2 aromatic heterocycles. The number of likely N-dealkylation sites (tertiary alicyclic amines) is 1. The molecule has 0 spiro atoms. The first-order chi connectivity index (χ1) is 13.9. The van der Waals surface area contributed by atoms with Gasteiger partial charge in [-0.2, -0.15) is 0 Å². The zero-order valence-corrected chi connectivity index (χ0v) is 20.2. The largest absolute Gasteiger partial charge is 0.469 e. The number of halogens is 1. The van der Waals surface area contributed by atoms with Gasteiger partial charge in [0.2, 0.25) is 0 Å². The summed E-state index contributed by atoms with van der Waals surface area (Å²) in [5.41, 5.74) is 0. The van der Waals surface area contributed by atoms with Crippen LogP contribution in [0.1, 0.15) is 49.2 Å². The van der Waals surface area contributed by atoms with Crippen LogP contribution in [0, 0.1) is 0 Å². The zero-order chi connectivity index (χ0) is 19.0. The molecular weight excluding hydrogens is 495 g/mol. The van der Waals surface area contributed by atoms with Crippen LogP contribution in [0.15, 0.2) is 45.3 Å². The summed E-state index contributed by atoms with van der Waals surface area (Å²) in [4.78, 5) is 8.85. The van der Waals surface area contributed by atoms with E-state index in [2.05, 4.69) is 33.0 Å². The molecule has 0 radical (unpaired) electrons. The highest BCUT2D eigenvalue weighted by molar-refractivity contribution is 14.0. The third-order valence-corrected chi connectivity index (χ3v) is 6.79. The average molecular weight is 529 g/mol. The van der Waals surface area contributed by atoms with Crippen LogP contribution in [0.2, 0.25) is 0 Å². The average Bonchev–Trinajstić information content (AvgIpc) is 3.50. The maximum atomic E-state index is 5.44. The number of nitrogens with one attached hydrogen (secondary N) is 2. The fourth-order valence-corrected chi connectivity index (χ4v) is 4.97. The first-order valence-corrected chi connectivity index (χ1v) is 11.6. The van der Waals surface area contributed by atoms with Crippen molar-refractivity contribution in [3.8, 4) is 0 Å². The van der Waals surface area contributed by atoms with E-state index in [1.807, 2.05) is 12.1 Å². The molecular formula is C22H33IN4OS. The Morgan fingerprint density at radius 1 is 1.14 bits per heavy atom. The first kappa shape index (κ1) is 22.6. The third kappa shape index (κ3) is 7.00. The summed E-state index contributed by atoms with van der Waals surface area (Å²) < 4.78 is 5.44. The number of furan rings is 1. The molecule has 0 bridgehead atoms. The molecule has 29 heavy (non-hydrogen) atoms. The van der Waals surface area contributed by atoms with Crippen molar-refractivity contribution in [3.63, 3.8) is 0 Å². The highest BCUT2D eigenvalue weighted by Crippen LogP contribution is 2.26. The number of rotatable bonds is 7. The number of thiophene rings is 1. The molecule has 5 nitrogen and oxygen atoms in total. The zero-order valence-electron chi connectivity index (χ0n) is 17.0. The minimum Gasteiger partial charge on any atom is -0.469 e. The molecule has 1 saturated heterocycles. The van der Waals surface area contributed by atoms with Crippen molar-refractivity contribution in [2.75, 3.05) is 19.6 Å². The van der Waals surface area contributed by atoms with Gasteiger partial charge in [0, 0.05) is 43.0 Å². The molecule has 1 aliphatic carbocycles. The molecule has 3 heterocycles. The van der Waals surface area contributed by atoms with Gasteiger partial charge in [-0.05, 0) is 49.3 Å². The van der Waals surface area contributed by atoms with Gasteiger partial charge >= 0.3 is 0 Å². The lowest BCUT2D eigenvalue weighted by Gasteiger charge is -2.36. The molecule has 0 atom stereocenters. The Balaban J connectivity index is 0.00000240. The number of piperidine rings is 1. The van der Waals surface area contributed by atoms with Crippen molar-refractivity contribution in [1.82, 2.24) is 15.5 Å². The van der Waals surface area contributed by atoms with Crippen LogP contribution in [-0.2, 0) is 13.0 Å². The Bertz CT molecular complexity index is 705. The highest BCUT2D eigenvalue weighted by atomic mass is 127. The van der Waals surface area contributed by atoms with E-state index in [-0.39, 0.29) is 24.0 Å². The van der Waals surface area contributed by atoms with Crippen molar-refractivity contribution >= 4 is 41.3 Å². The van der Waals surface area contributed by atoms with Crippen molar-refractivity contribution in [1.29, 1.82) is 0 Å². The topological polar surface area (TPSA) is 52.8 Å². The monoisotopic (exact) mass is 528 g/mol. The maximum absolute atomic E-state index is 5.44. The molecule has 1 aliphatic heterocycles. The molecule has 2 fully saturated rings. The van der Waals surface area contributed by atoms with E-state index in [0.717, 1.165) is 37.3 Å². The summed E-state index contributed by atoms with van der Waals surface area (Å²) in [7, 11) is 0. The summed E-state index contributed by atoms with van der Waals surface area (Å²) in [6, 6.07) is 9.56. The molecule has 7 heteroatoms. The number of hydrogen-bond acceptors (Lipinski definition) is 4. The van der Waals surface area contributed by atoms with Crippen molar-refractivity contribution in [2.24, 2.45) is 4.99 Å². The van der Waals surface area contributed by atoms with Gasteiger partial charge in [0.15, 0.2) is 5.96 Å². The minimum absolute atomic E-state index is 0. The standard InChI is InChI=1S/C22H32N4OS.HI/c1-2-6-19(5-1)26-13-10-18(11-14-26)25-22(24-17-21-8-4-16-28-21)23-12-9-20-7-3-15-27-20;/h3-4,7-8,15-16,18-19H,1-2,5-6,9-14,17H2,(H2,23,24,25);1H. The lowest BCUT2D eigenvalue weighted by Crippen LogP contribution is -2.50. The quantitative estimate of drug-likeness (QED) is 0.312. The van der Waals surface area contributed by atoms with Gasteiger partial charge in [0.1, 0.15) is 5.76 Å². The van der Waals surface area contributed by atoms with E-state index in [9.17, 15) is 0 Å². The van der Waals surface area contributed by atoms with Crippen LogP contribution in [0.25, 0.3) is 0 Å². The highest BCUT2D eigenvalue weighted by Gasteiger charge is 2.27. The number of aliphatic imine (C=N–C) groups is 1. The lowest BCUT2D eigenvalue weighted by atomic mass is 10.0.